The van der Waals surface area contributed by atoms with Crippen LogP contribution in [0.4, 0.5) is 5.69 Å². The Morgan fingerprint density at radius 1 is 1.00 bits per heavy atom. The number of benzene rings is 2. The summed E-state index contributed by atoms with van der Waals surface area (Å²) in [6.07, 6.45) is 2.90. The molecule has 0 aliphatic carbocycles. The molecule has 1 heterocycles. The molecule has 2 amide bonds. The minimum absolute atomic E-state index is 0.0527. The summed E-state index contributed by atoms with van der Waals surface area (Å²) in [5, 5.41) is 7.53. The Morgan fingerprint density at radius 3 is 2.50 bits per heavy atom. The average molecular weight is 462 g/mol. The molecule has 0 unspecified atom stereocenters. The summed E-state index contributed by atoms with van der Waals surface area (Å²) in [6, 6.07) is 13.2. The Hall–Kier alpha value is -2.93. The van der Waals surface area contributed by atoms with Crippen LogP contribution in [-0.4, -0.2) is 23.0 Å². The second-order valence-corrected chi connectivity index (χ2v) is 7.36. The zero-order valence-electron chi connectivity index (χ0n) is 15.6. The first-order valence-electron chi connectivity index (χ1n) is 8.66. The summed E-state index contributed by atoms with van der Waals surface area (Å²) in [5.74, 6) is -1.07. The number of hydrazone groups is 1. The number of anilines is 1. The van der Waals surface area contributed by atoms with Crippen molar-refractivity contribution in [1.82, 2.24) is 10.4 Å². The van der Waals surface area contributed by atoms with Gasteiger partial charge in [-0.15, -0.1) is 0 Å². The third kappa shape index (κ3) is 5.16. The molecule has 0 bridgehead atoms. The van der Waals surface area contributed by atoms with E-state index in [2.05, 4.69) is 20.8 Å². The largest absolute Gasteiger partial charge is 0.321 e. The van der Waals surface area contributed by atoms with Crippen LogP contribution >= 0.6 is 34.8 Å². The molecule has 3 aromatic rings. The molecule has 0 saturated heterocycles. The number of rotatable bonds is 5. The second-order valence-electron chi connectivity index (χ2n) is 6.16. The summed E-state index contributed by atoms with van der Waals surface area (Å²) in [5.41, 5.74) is 4.26. The van der Waals surface area contributed by atoms with Crippen LogP contribution in [0.3, 0.4) is 0 Å². The lowest BCUT2D eigenvalue weighted by Gasteiger charge is -2.14. The first-order valence-corrected chi connectivity index (χ1v) is 9.80. The van der Waals surface area contributed by atoms with Crippen molar-refractivity contribution in [2.45, 2.75) is 6.92 Å². The number of hydrogen-bond donors (Lipinski definition) is 2. The summed E-state index contributed by atoms with van der Waals surface area (Å²) in [6.45, 7) is 1.72. The van der Waals surface area contributed by atoms with Crippen molar-refractivity contribution in [1.29, 1.82) is 0 Å². The predicted molar refractivity (Wildman–Crippen MR) is 120 cm³/mol. The SMILES string of the molecule is Cc1cc(Cl)cc(C(=O)N/N=C\c2ccccc2Cl)c1NC(=O)c1cccnc1Cl. The van der Waals surface area contributed by atoms with Crippen LogP contribution < -0.4 is 10.7 Å². The standard InChI is InChI=1S/C21H15Cl3N4O2/c1-12-9-14(22)10-16(18(12)27-20(29)15-6-4-8-25-19(15)24)21(30)28-26-11-13-5-2-3-7-17(13)23/h2-11H,1H3,(H,27,29)(H,28,30)/b26-11-. The first kappa shape index (κ1) is 21.8. The van der Waals surface area contributed by atoms with Crippen LogP contribution in [0.15, 0.2) is 59.8 Å². The lowest BCUT2D eigenvalue weighted by Crippen LogP contribution is -2.22. The number of nitrogens with one attached hydrogen (secondary N) is 2. The van der Waals surface area contributed by atoms with Gasteiger partial charge in [0.25, 0.3) is 11.8 Å². The van der Waals surface area contributed by atoms with Crippen LogP contribution in [0.5, 0.6) is 0 Å². The van der Waals surface area contributed by atoms with Crippen molar-refractivity contribution in [3.05, 3.63) is 92.2 Å². The van der Waals surface area contributed by atoms with E-state index in [9.17, 15) is 9.59 Å². The Bertz CT molecular complexity index is 1150. The number of pyridine rings is 1. The summed E-state index contributed by atoms with van der Waals surface area (Å²) < 4.78 is 0. The average Bonchev–Trinajstić information content (AvgIpc) is 2.71. The van der Waals surface area contributed by atoms with E-state index in [4.69, 9.17) is 34.8 Å². The van der Waals surface area contributed by atoms with E-state index in [0.717, 1.165) is 0 Å². The van der Waals surface area contributed by atoms with Gasteiger partial charge in [0.1, 0.15) is 5.15 Å². The van der Waals surface area contributed by atoms with Crippen molar-refractivity contribution < 1.29 is 9.59 Å². The molecule has 0 radical (unpaired) electrons. The number of carbonyl (C=O) groups is 2. The van der Waals surface area contributed by atoms with Gasteiger partial charge in [-0.2, -0.15) is 5.10 Å². The van der Waals surface area contributed by atoms with Gasteiger partial charge in [0.05, 0.1) is 23.0 Å². The highest BCUT2D eigenvalue weighted by atomic mass is 35.5. The van der Waals surface area contributed by atoms with E-state index in [1.165, 1.54) is 24.5 Å². The summed E-state index contributed by atoms with van der Waals surface area (Å²) in [4.78, 5) is 29.2. The molecule has 0 saturated carbocycles. The monoisotopic (exact) mass is 460 g/mol. The third-order valence-corrected chi connectivity index (χ3v) is 4.93. The van der Waals surface area contributed by atoms with E-state index in [1.807, 2.05) is 0 Å². The number of carbonyl (C=O) groups excluding carboxylic acids is 2. The van der Waals surface area contributed by atoms with Gasteiger partial charge in [-0.1, -0.05) is 53.0 Å². The van der Waals surface area contributed by atoms with Crippen molar-refractivity contribution >= 4 is 58.5 Å². The number of aryl methyl sites for hydroxylation is 1. The lowest BCUT2D eigenvalue weighted by atomic mass is 10.1. The van der Waals surface area contributed by atoms with E-state index < -0.39 is 11.8 Å². The number of amides is 2. The number of hydrogen-bond acceptors (Lipinski definition) is 4. The molecule has 9 heteroatoms. The molecule has 0 atom stereocenters. The normalized spacial score (nSPS) is 10.8. The Labute approximate surface area is 187 Å². The highest BCUT2D eigenvalue weighted by Gasteiger charge is 2.19. The van der Waals surface area contributed by atoms with Gasteiger partial charge < -0.3 is 5.32 Å². The van der Waals surface area contributed by atoms with Crippen molar-refractivity contribution in [3.63, 3.8) is 0 Å². The van der Waals surface area contributed by atoms with Crippen LogP contribution in [0, 0.1) is 6.92 Å². The minimum Gasteiger partial charge on any atom is -0.321 e. The third-order valence-electron chi connectivity index (χ3n) is 4.06. The zero-order chi connectivity index (χ0) is 21.7. The maximum absolute atomic E-state index is 12.7. The molecule has 0 aliphatic rings. The topological polar surface area (TPSA) is 83.5 Å². The maximum atomic E-state index is 12.7. The van der Waals surface area contributed by atoms with E-state index in [0.29, 0.717) is 21.2 Å². The molecule has 2 N–H and O–H groups in total. The Balaban J connectivity index is 1.85. The first-order chi connectivity index (χ1) is 14.4. The number of nitrogens with zero attached hydrogens (tertiary/aromatic N) is 2. The molecule has 6 nitrogen and oxygen atoms in total. The number of aromatic nitrogens is 1. The van der Waals surface area contributed by atoms with Gasteiger partial charge in [-0.3, -0.25) is 9.59 Å². The molecular formula is C21H15Cl3N4O2. The fourth-order valence-corrected chi connectivity index (χ4v) is 3.29. The van der Waals surface area contributed by atoms with Crippen LogP contribution in [0.25, 0.3) is 0 Å². The Kier molecular flexibility index (Phi) is 7.05. The smallest absolute Gasteiger partial charge is 0.273 e. The quantitative estimate of drug-likeness (QED) is 0.304. The van der Waals surface area contributed by atoms with Crippen LogP contribution in [0.1, 0.15) is 31.8 Å². The molecule has 30 heavy (non-hydrogen) atoms. The van der Waals surface area contributed by atoms with Gasteiger partial charge in [0.15, 0.2) is 0 Å². The Morgan fingerprint density at radius 2 is 1.77 bits per heavy atom. The van der Waals surface area contributed by atoms with E-state index >= 15 is 0 Å². The number of halogens is 3. The maximum Gasteiger partial charge on any atom is 0.273 e. The molecular weight excluding hydrogens is 447 g/mol. The second kappa shape index (κ2) is 9.71. The van der Waals surface area contributed by atoms with Gasteiger partial charge in [0, 0.05) is 21.8 Å². The molecule has 152 valence electrons. The van der Waals surface area contributed by atoms with Crippen LogP contribution in [0.2, 0.25) is 15.2 Å². The highest BCUT2D eigenvalue weighted by Crippen LogP contribution is 2.27. The van der Waals surface area contributed by atoms with E-state index in [-0.39, 0.29) is 22.0 Å². The van der Waals surface area contributed by atoms with Gasteiger partial charge >= 0.3 is 0 Å². The van der Waals surface area contributed by atoms with Gasteiger partial charge in [-0.05, 0) is 42.8 Å². The molecule has 0 aliphatic heterocycles. The van der Waals surface area contributed by atoms with Gasteiger partial charge in [-0.25, -0.2) is 10.4 Å². The van der Waals surface area contributed by atoms with Crippen molar-refractivity contribution in [2.75, 3.05) is 5.32 Å². The summed E-state index contributed by atoms with van der Waals surface area (Å²) >= 11 is 18.2. The molecule has 1 aromatic heterocycles. The summed E-state index contributed by atoms with van der Waals surface area (Å²) in [7, 11) is 0. The van der Waals surface area contributed by atoms with Crippen LogP contribution in [-0.2, 0) is 0 Å². The lowest BCUT2D eigenvalue weighted by molar-refractivity contribution is 0.0956. The predicted octanol–water partition coefficient (Wildman–Crippen LogP) is 5.37. The van der Waals surface area contributed by atoms with Crippen molar-refractivity contribution in [2.24, 2.45) is 5.10 Å². The van der Waals surface area contributed by atoms with E-state index in [1.54, 1.807) is 43.3 Å². The highest BCUT2D eigenvalue weighted by molar-refractivity contribution is 6.34. The molecule has 2 aromatic carbocycles. The fraction of sp³-hybridized carbons (Fsp3) is 0.0476. The van der Waals surface area contributed by atoms with Gasteiger partial charge in [0.2, 0.25) is 0 Å². The fourth-order valence-electron chi connectivity index (χ4n) is 2.62. The van der Waals surface area contributed by atoms with Crippen molar-refractivity contribution in [3.8, 4) is 0 Å². The molecule has 3 rings (SSSR count). The zero-order valence-corrected chi connectivity index (χ0v) is 17.9. The molecule has 0 spiro atoms. The minimum atomic E-state index is -0.559. The molecule has 0 fully saturated rings.